The molecule has 4 rings (SSSR count). The summed E-state index contributed by atoms with van der Waals surface area (Å²) in [4.78, 5) is 16.8. The van der Waals surface area contributed by atoms with E-state index < -0.39 is 9.84 Å². The van der Waals surface area contributed by atoms with Gasteiger partial charge in [-0.05, 0) is 56.4 Å². The lowest BCUT2D eigenvalue weighted by Gasteiger charge is -2.43. The van der Waals surface area contributed by atoms with Crippen molar-refractivity contribution >= 4 is 37.4 Å². The van der Waals surface area contributed by atoms with Crippen LogP contribution in [0.25, 0.3) is 0 Å². The van der Waals surface area contributed by atoms with Crippen LogP contribution in [-0.2, 0) is 14.6 Å². The number of carbonyl (C=O) groups is 1. The van der Waals surface area contributed by atoms with E-state index >= 15 is 0 Å². The molecular weight excluding hydrogens is 428 g/mol. The summed E-state index contributed by atoms with van der Waals surface area (Å²) in [6.45, 7) is 1.06. The Bertz CT molecular complexity index is 850. The number of nitrogens with zero attached hydrogens (tertiary/aromatic N) is 2. The molecule has 0 bridgehead atoms. The Morgan fingerprint density at radius 3 is 2.52 bits per heavy atom. The predicted molar refractivity (Wildman–Crippen MR) is 111 cm³/mol. The van der Waals surface area contributed by atoms with Crippen molar-refractivity contribution in [1.82, 2.24) is 4.90 Å². The fraction of sp³-hybridized carbons (Fsp3) is 0.550. The zero-order valence-electron chi connectivity index (χ0n) is 15.3. The number of carbonyl (C=O) groups excluding carboxylic acids is 1. The Morgan fingerprint density at radius 1 is 1.07 bits per heavy atom. The average molecular weight is 453 g/mol. The minimum Gasteiger partial charge on any atom is -0.306 e. The molecule has 0 aromatic heterocycles. The Labute approximate surface area is 169 Å². The number of hydrogen-bond acceptors (Lipinski definition) is 4. The third-order valence-electron chi connectivity index (χ3n) is 5.91. The molecular formula is C20H25BrN2O3S. The van der Waals surface area contributed by atoms with Crippen molar-refractivity contribution in [3.05, 3.63) is 40.4 Å². The molecule has 0 spiro atoms. The third kappa shape index (κ3) is 4.15. The van der Waals surface area contributed by atoms with Gasteiger partial charge >= 0.3 is 0 Å². The maximum Gasteiger partial charge on any atom is 0.241 e. The number of fused-ring (bicyclic) bond motifs is 1. The van der Waals surface area contributed by atoms with Gasteiger partial charge in [-0.3, -0.25) is 9.69 Å². The number of amides is 1. The number of hydrogen-bond donors (Lipinski definition) is 0. The molecule has 2 aliphatic heterocycles. The van der Waals surface area contributed by atoms with E-state index in [1.54, 1.807) is 4.90 Å². The van der Waals surface area contributed by atoms with E-state index in [0.717, 1.165) is 36.0 Å². The van der Waals surface area contributed by atoms with Crippen LogP contribution in [0, 0.1) is 0 Å². The first-order chi connectivity index (χ1) is 12.9. The number of allylic oxidation sites excluding steroid dienone is 1. The quantitative estimate of drug-likeness (QED) is 0.658. The molecule has 0 unspecified atom stereocenters. The van der Waals surface area contributed by atoms with Gasteiger partial charge in [0, 0.05) is 22.7 Å². The zero-order chi connectivity index (χ0) is 19.0. The van der Waals surface area contributed by atoms with Crippen molar-refractivity contribution in [1.29, 1.82) is 0 Å². The van der Waals surface area contributed by atoms with E-state index in [9.17, 15) is 13.2 Å². The van der Waals surface area contributed by atoms with Crippen LogP contribution in [-0.4, -0.2) is 55.9 Å². The summed E-state index contributed by atoms with van der Waals surface area (Å²) in [5, 5.41) is 0. The highest BCUT2D eigenvalue weighted by atomic mass is 79.9. The lowest BCUT2D eigenvalue weighted by Crippen LogP contribution is -2.62. The van der Waals surface area contributed by atoms with Crippen molar-refractivity contribution in [2.24, 2.45) is 0 Å². The van der Waals surface area contributed by atoms with Crippen molar-refractivity contribution in [2.75, 3.05) is 29.5 Å². The highest BCUT2D eigenvalue weighted by molar-refractivity contribution is 9.10. The Hall–Kier alpha value is -1.18. The molecule has 27 heavy (non-hydrogen) atoms. The number of anilines is 1. The summed E-state index contributed by atoms with van der Waals surface area (Å²) in [6.07, 6.45) is 8.05. The van der Waals surface area contributed by atoms with E-state index in [2.05, 4.69) is 26.9 Å². The maximum atomic E-state index is 13.0. The minimum absolute atomic E-state index is 0.00621. The van der Waals surface area contributed by atoms with Gasteiger partial charge in [0.05, 0.1) is 24.1 Å². The molecule has 1 amide bonds. The third-order valence-corrected chi connectivity index (χ3v) is 8.14. The summed E-state index contributed by atoms with van der Waals surface area (Å²) in [6, 6.07) is 7.14. The van der Waals surface area contributed by atoms with Crippen LogP contribution in [0.2, 0.25) is 0 Å². The standard InChI is InChI=1S/C20H25BrN2O3S/c21-16-6-8-17(9-7-16)23-19-14-27(25,26)13-18(19)22(12-20(23)24)11-10-15-4-2-1-3-5-15/h4,6-9,18-19H,1-3,5,10-14H2/t18-,19-/m1/s1. The van der Waals surface area contributed by atoms with Crippen LogP contribution in [0.5, 0.6) is 0 Å². The van der Waals surface area contributed by atoms with Crippen molar-refractivity contribution in [3.8, 4) is 0 Å². The summed E-state index contributed by atoms with van der Waals surface area (Å²) in [5.74, 6) is 0.198. The van der Waals surface area contributed by atoms with Crippen LogP contribution in [0.4, 0.5) is 5.69 Å². The number of rotatable bonds is 4. The summed E-state index contributed by atoms with van der Waals surface area (Å²) in [5.41, 5.74) is 2.24. The maximum absolute atomic E-state index is 13.0. The van der Waals surface area contributed by atoms with Gasteiger partial charge in [0.25, 0.3) is 0 Å². The molecule has 0 saturated carbocycles. The fourth-order valence-corrected chi connectivity index (χ4v) is 6.80. The van der Waals surface area contributed by atoms with E-state index in [-0.39, 0.29) is 29.5 Å². The molecule has 1 aliphatic carbocycles. The summed E-state index contributed by atoms with van der Waals surface area (Å²) >= 11 is 3.41. The average Bonchev–Trinajstić information content (AvgIpc) is 2.97. The first kappa shape index (κ1) is 19.2. The Kier molecular flexibility index (Phi) is 5.45. The molecule has 3 aliphatic rings. The van der Waals surface area contributed by atoms with Crippen molar-refractivity contribution < 1.29 is 13.2 Å². The molecule has 7 heteroatoms. The molecule has 1 aromatic carbocycles. The molecule has 2 saturated heterocycles. The van der Waals surface area contributed by atoms with Crippen LogP contribution in [0.3, 0.4) is 0 Å². The van der Waals surface area contributed by atoms with Gasteiger partial charge in [-0.2, -0.15) is 0 Å². The van der Waals surface area contributed by atoms with Gasteiger partial charge in [0.2, 0.25) is 5.91 Å². The second kappa shape index (κ2) is 7.68. The van der Waals surface area contributed by atoms with E-state index in [1.807, 2.05) is 24.3 Å². The van der Waals surface area contributed by atoms with E-state index in [4.69, 9.17) is 0 Å². The monoisotopic (exact) mass is 452 g/mol. The summed E-state index contributed by atoms with van der Waals surface area (Å²) in [7, 11) is -3.14. The van der Waals surface area contributed by atoms with E-state index in [1.165, 1.54) is 18.4 Å². The van der Waals surface area contributed by atoms with Crippen LogP contribution < -0.4 is 4.90 Å². The molecule has 1 aromatic rings. The first-order valence-corrected chi connectivity index (χ1v) is 12.2. The van der Waals surface area contributed by atoms with Crippen molar-refractivity contribution in [2.45, 2.75) is 44.2 Å². The van der Waals surface area contributed by atoms with Crippen molar-refractivity contribution in [3.63, 3.8) is 0 Å². The number of benzene rings is 1. The SMILES string of the molecule is O=C1CN(CCC2=CCCCC2)[C@@H]2CS(=O)(=O)C[C@H]2N1c1ccc(Br)cc1. The predicted octanol–water partition coefficient (Wildman–Crippen LogP) is 3.15. The fourth-order valence-electron chi connectivity index (χ4n) is 4.56. The molecule has 2 atom stereocenters. The molecule has 5 nitrogen and oxygen atoms in total. The zero-order valence-corrected chi connectivity index (χ0v) is 17.7. The lowest BCUT2D eigenvalue weighted by atomic mass is 9.96. The molecule has 2 fully saturated rings. The lowest BCUT2D eigenvalue weighted by molar-refractivity contribution is -0.123. The molecule has 146 valence electrons. The van der Waals surface area contributed by atoms with Gasteiger partial charge in [-0.25, -0.2) is 8.42 Å². The second-order valence-corrected chi connectivity index (χ2v) is 10.8. The van der Waals surface area contributed by atoms with E-state index in [0.29, 0.717) is 6.54 Å². The summed E-state index contributed by atoms with van der Waals surface area (Å²) < 4.78 is 25.7. The molecule has 0 N–H and O–H groups in total. The number of piperazine rings is 1. The smallest absolute Gasteiger partial charge is 0.241 e. The minimum atomic E-state index is -3.14. The number of halogens is 1. The normalized spacial score (nSPS) is 28.1. The van der Waals surface area contributed by atoms with Gasteiger partial charge in [0.15, 0.2) is 9.84 Å². The van der Waals surface area contributed by atoms with Crippen LogP contribution >= 0.6 is 15.9 Å². The second-order valence-electron chi connectivity index (χ2n) is 7.78. The van der Waals surface area contributed by atoms with Gasteiger partial charge < -0.3 is 4.90 Å². The molecule has 0 radical (unpaired) electrons. The Morgan fingerprint density at radius 2 is 1.81 bits per heavy atom. The number of sulfone groups is 1. The molecule has 2 heterocycles. The van der Waals surface area contributed by atoms with Gasteiger partial charge in [-0.1, -0.05) is 27.6 Å². The largest absolute Gasteiger partial charge is 0.306 e. The van der Waals surface area contributed by atoms with Gasteiger partial charge in [-0.15, -0.1) is 0 Å². The highest BCUT2D eigenvalue weighted by Gasteiger charge is 2.49. The first-order valence-electron chi connectivity index (χ1n) is 9.63. The van der Waals surface area contributed by atoms with Crippen LogP contribution in [0.1, 0.15) is 32.1 Å². The Balaban J connectivity index is 1.56. The topological polar surface area (TPSA) is 57.7 Å². The van der Waals surface area contributed by atoms with Crippen LogP contribution in [0.15, 0.2) is 40.4 Å². The highest BCUT2D eigenvalue weighted by Crippen LogP contribution is 2.33. The van der Waals surface area contributed by atoms with Gasteiger partial charge in [0.1, 0.15) is 0 Å².